The van der Waals surface area contributed by atoms with E-state index in [1.165, 1.54) is 0 Å². The lowest BCUT2D eigenvalue weighted by Crippen LogP contribution is -2.68. The SMILES string of the molecule is CC[N+]([O-])(CC)CC(N)(N)N. The Kier molecular flexibility index (Phi) is 3.40. The second kappa shape index (κ2) is 3.46. The van der Waals surface area contributed by atoms with Gasteiger partial charge in [0.2, 0.25) is 0 Å². The van der Waals surface area contributed by atoms with Gasteiger partial charge in [-0.3, -0.25) is 17.2 Å². The predicted octanol–water partition coefficient (Wildman–Crippen LogP) is -1.13. The molecule has 6 N–H and O–H groups in total. The van der Waals surface area contributed by atoms with Gasteiger partial charge in [0.1, 0.15) is 6.54 Å². The van der Waals surface area contributed by atoms with Crippen LogP contribution in [-0.4, -0.2) is 30.1 Å². The van der Waals surface area contributed by atoms with E-state index in [1.807, 2.05) is 0 Å². The molecule has 11 heavy (non-hydrogen) atoms. The Balaban J connectivity index is 4.08. The maximum Gasteiger partial charge on any atom is 0.167 e. The molecule has 0 fully saturated rings. The van der Waals surface area contributed by atoms with Crippen LogP contribution in [0.1, 0.15) is 13.8 Å². The van der Waals surface area contributed by atoms with E-state index < -0.39 is 10.4 Å². The lowest BCUT2D eigenvalue weighted by molar-refractivity contribution is -0.880. The van der Waals surface area contributed by atoms with E-state index in [0.29, 0.717) is 13.1 Å². The quantitative estimate of drug-likeness (QED) is 0.276. The molecule has 0 aliphatic carbocycles. The molecule has 0 amide bonds. The standard InChI is InChI=1S/C6H18N4O/c1-3-10(11,4-2)5-6(7,8)9/h3-5,7-9H2,1-2H3. The van der Waals surface area contributed by atoms with E-state index in [-0.39, 0.29) is 6.54 Å². The van der Waals surface area contributed by atoms with Gasteiger partial charge in [0.05, 0.1) is 13.1 Å². The zero-order valence-corrected chi connectivity index (χ0v) is 7.21. The molecule has 0 radical (unpaired) electrons. The monoisotopic (exact) mass is 162 g/mol. The molecule has 0 heterocycles. The predicted molar refractivity (Wildman–Crippen MR) is 44.9 cm³/mol. The zero-order chi connectivity index (χ0) is 9.12. The van der Waals surface area contributed by atoms with E-state index in [9.17, 15) is 5.21 Å². The Morgan fingerprint density at radius 1 is 1.18 bits per heavy atom. The van der Waals surface area contributed by atoms with Gasteiger partial charge in [-0.1, -0.05) is 0 Å². The second-order valence-electron chi connectivity index (χ2n) is 2.96. The number of quaternary nitrogens is 1. The van der Waals surface area contributed by atoms with Gasteiger partial charge < -0.3 is 9.85 Å². The van der Waals surface area contributed by atoms with E-state index in [1.54, 1.807) is 13.8 Å². The summed E-state index contributed by atoms with van der Waals surface area (Å²) in [6, 6.07) is 0. The summed E-state index contributed by atoms with van der Waals surface area (Å²) in [6.45, 7) is 4.54. The summed E-state index contributed by atoms with van der Waals surface area (Å²) < 4.78 is -0.427. The minimum atomic E-state index is -1.35. The van der Waals surface area contributed by atoms with Gasteiger partial charge in [0.15, 0.2) is 5.79 Å². The Morgan fingerprint density at radius 2 is 1.55 bits per heavy atom. The van der Waals surface area contributed by atoms with Crippen molar-refractivity contribution >= 4 is 0 Å². The molecular formula is C6H18N4O. The first kappa shape index (κ1) is 10.8. The molecule has 5 nitrogen and oxygen atoms in total. The summed E-state index contributed by atoms with van der Waals surface area (Å²) in [5.41, 5.74) is 15.9. The van der Waals surface area contributed by atoms with Crippen LogP contribution in [0.2, 0.25) is 0 Å². The number of hydrogen-bond acceptors (Lipinski definition) is 4. The molecule has 0 aromatic rings. The highest BCUT2D eigenvalue weighted by Crippen LogP contribution is 2.04. The van der Waals surface area contributed by atoms with Crippen LogP contribution in [0.25, 0.3) is 0 Å². The molecule has 0 bridgehead atoms. The lowest BCUT2D eigenvalue weighted by atomic mass is 10.3. The van der Waals surface area contributed by atoms with Gasteiger partial charge in [-0.05, 0) is 13.8 Å². The fourth-order valence-corrected chi connectivity index (χ4v) is 0.946. The van der Waals surface area contributed by atoms with Crippen molar-refractivity contribution in [3.63, 3.8) is 0 Å². The van der Waals surface area contributed by atoms with Crippen LogP contribution in [0.4, 0.5) is 0 Å². The third kappa shape index (κ3) is 4.28. The summed E-state index contributed by atoms with van der Waals surface area (Å²) in [6.07, 6.45) is 0. The fraction of sp³-hybridized carbons (Fsp3) is 1.00. The number of hydroxylamine groups is 3. The Hall–Kier alpha value is -0.200. The lowest BCUT2D eigenvalue weighted by Gasteiger charge is -2.44. The minimum Gasteiger partial charge on any atom is -0.633 e. The Labute approximate surface area is 67.3 Å². The van der Waals surface area contributed by atoms with Crippen molar-refractivity contribution in [2.75, 3.05) is 19.6 Å². The topological polar surface area (TPSA) is 101 Å². The van der Waals surface area contributed by atoms with Gasteiger partial charge in [0.25, 0.3) is 0 Å². The molecule has 0 aliphatic rings. The Bertz CT molecular complexity index is 116. The smallest absolute Gasteiger partial charge is 0.167 e. The van der Waals surface area contributed by atoms with Crippen molar-refractivity contribution < 1.29 is 4.65 Å². The van der Waals surface area contributed by atoms with Gasteiger partial charge >= 0.3 is 0 Å². The van der Waals surface area contributed by atoms with Crippen molar-refractivity contribution in [1.82, 2.24) is 0 Å². The third-order valence-electron chi connectivity index (χ3n) is 1.71. The van der Waals surface area contributed by atoms with E-state index in [2.05, 4.69) is 0 Å². The van der Waals surface area contributed by atoms with Crippen molar-refractivity contribution in [1.29, 1.82) is 0 Å². The molecule has 0 rings (SSSR count). The highest BCUT2D eigenvalue weighted by atomic mass is 16.5. The highest BCUT2D eigenvalue weighted by Gasteiger charge is 2.23. The van der Waals surface area contributed by atoms with E-state index in [0.717, 1.165) is 0 Å². The maximum absolute atomic E-state index is 11.6. The maximum atomic E-state index is 11.6. The molecule has 0 saturated heterocycles. The molecule has 0 saturated carbocycles. The number of rotatable bonds is 4. The average Bonchev–Trinajstić information content (AvgIpc) is 1.84. The van der Waals surface area contributed by atoms with Crippen LogP contribution in [0.5, 0.6) is 0 Å². The van der Waals surface area contributed by atoms with Crippen molar-refractivity contribution in [3.05, 3.63) is 5.21 Å². The average molecular weight is 162 g/mol. The van der Waals surface area contributed by atoms with Gasteiger partial charge in [-0.15, -0.1) is 0 Å². The largest absolute Gasteiger partial charge is 0.633 e. The summed E-state index contributed by atoms with van der Waals surface area (Å²) in [4.78, 5) is 0. The molecule has 0 spiro atoms. The van der Waals surface area contributed by atoms with E-state index >= 15 is 0 Å². The molecule has 0 aromatic heterocycles. The van der Waals surface area contributed by atoms with Gasteiger partial charge in [-0.2, -0.15) is 0 Å². The van der Waals surface area contributed by atoms with Crippen LogP contribution in [0.3, 0.4) is 0 Å². The minimum absolute atomic E-state index is 0.0556. The van der Waals surface area contributed by atoms with Crippen LogP contribution >= 0.6 is 0 Å². The van der Waals surface area contributed by atoms with Crippen molar-refractivity contribution in [3.8, 4) is 0 Å². The summed E-state index contributed by atoms with van der Waals surface area (Å²) in [5, 5.41) is 11.6. The molecule has 0 aliphatic heterocycles. The first-order chi connectivity index (χ1) is 4.83. The van der Waals surface area contributed by atoms with Crippen LogP contribution in [0, 0.1) is 5.21 Å². The van der Waals surface area contributed by atoms with Gasteiger partial charge in [-0.25, -0.2) is 0 Å². The number of nitrogens with zero attached hydrogens (tertiary/aromatic N) is 1. The van der Waals surface area contributed by atoms with Crippen LogP contribution in [0.15, 0.2) is 0 Å². The molecule has 5 heteroatoms. The first-order valence-corrected chi connectivity index (χ1v) is 3.77. The Morgan fingerprint density at radius 3 is 1.64 bits per heavy atom. The summed E-state index contributed by atoms with van der Waals surface area (Å²) in [5.74, 6) is -1.35. The van der Waals surface area contributed by atoms with E-state index in [4.69, 9.17) is 17.2 Å². The molecular weight excluding hydrogens is 144 g/mol. The summed E-state index contributed by atoms with van der Waals surface area (Å²) >= 11 is 0. The second-order valence-corrected chi connectivity index (χ2v) is 2.96. The van der Waals surface area contributed by atoms with Crippen LogP contribution in [-0.2, 0) is 0 Å². The number of hydrogen-bond donors (Lipinski definition) is 3. The molecule has 0 unspecified atom stereocenters. The normalized spacial score (nSPS) is 13.6. The van der Waals surface area contributed by atoms with Crippen molar-refractivity contribution in [2.45, 2.75) is 19.6 Å². The zero-order valence-electron chi connectivity index (χ0n) is 7.21. The highest BCUT2D eigenvalue weighted by molar-refractivity contribution is 4.67. The van der Waals surface area contributed by atoms with Crippen LogP contribution < -0.4 is 17.2 Å². The molecule has 0 aromatic carbocycles. The molecule has 0 atom stereocenters. The number of nitrogens with two attached hydrogens (primary N) is 3. The fourth-order valence-electron chi connectivity index (χ4n) is 0.946. The molecule has 68 valence electrons. The van der Waals surface area contributed by atoms with Gasteiger partial charge in [0, 0.05) is 0 Å². The third-order valence-corrected chi connectivity index (χ3v) is 1.71. The van der Waals surface area contributed by atoms with Crippen molar-refractivity contribution in [2.24, 2.45) is 17.2 Å². The number of likely N-dealkylation sites (N-methyl/N-ethyl adjacent to an activating group) is 1. The first-order valence-electron chi connectivity index (χ1n) is 3.77. The summed E-state index contributed by atoms with van der Waals surface area (Å²) in [7, 11) is 0.